The molecule has 10 atom stereocenters. The predicted octanol–water partition coefficient (Wildman–Crippen LogP) is 0.593. The number of hydrogen-bond donors (Lipinski definition) is 0. The molecule has 0 spiro atoms. The van der Waals surface area contributed by atoms with E-state index in [4.69, 9.17) is 52.1 Å². The minimum atomic E-state index is -1.85. The Kier molecular flexibility index (Phi) is 15.0. The number of nitro groups is 1. The molecule has 0 bridgehead atoms. The van der Waals surface area contributed by atoms with Gasteiger partial charge in [-0.05, 0) is 12.1 Å². The van der Waals surface area contributed by atoms with Crippen LogP contribution in [0.15, 0.2) is 24.3 Å². The van der Waals surface area contributed by atoms with Gasteiger partial charge < -0.3 is 52.1 Å². The first-order chi connectivity index (χ1) is 24.9. The first-order valence-corrected chi connectivity index (χ1v) is 15.9. The van der Waals surface area contributed by atoms with Gasteiger partial charge in [-0.1, -0.05) is 0 Å². The van der Waals surface area contributed by atoms with E-state index in [1.54, 1.807) is 0 Å². The molecule has 1 aromatic carbocycles. The van der Waals surface area contributed by atoms with Crippen molar-refractivity contribution in [2.24, 2.45) is 0 Å². The van der Waals surface area contributed by atoms with Gasteiger partial charge in [0.2, 0.25) is 12.4 Å². The van der Waals surface area contributed by atoms with Gasteiger partial charge in [0.05, 0.1) is 4.92 Å². The fourth-order valence-electron chi connectivity index (χ4n) is 5.35. The Labute approximate surface area is 301 Å². The van der Waals surface area contributed by atoms with Gasteiger partial charge in [0.25, 0.3) is 5.69 Å². The number of carbonyl (C=O) groups is 7. The zero-order chi connectivity index (χ0) is 39.6. The molecule has 21 heteroatoms. The summed E-state index contributed by atoms with van der Waals surface area (Å²) in [6.45, 7) is 6.00. The third-order valence-electron chi connectivity index (χ3n) is 7.19. The molecule has 0 N–H and O–H groups in total. The lowest BCUT2D eigenvalue weighted by atomic mass is 9.96. The molecular formula is C32H39NO20. The molecule has 1 aromatic rings. The van der Waals surface area contributed by atoms with E-state index in [9.17, 15) is 43.7 Å². The Balaban J connectivity index is 2.16. The van der Waals surface area contributed by atoms with Crippen molar-refractivity contribution in [3.05, 3.63) is 34.4 Å². The van der Waals surface area contributed by atoms with Crippen LogP contribution in [0.4, 0.5) is 5.69 Å². The van der Waals surface area contributed by atoms with Crippen molar-refractivity contribution in [2.75, 3.05) is 13.2 Å². The van der Waals surface area contributed by atoms with Gasteiger partial charge in [-0.2, -0.15) is 0 Å². The topological polar surface area (TPSA) is 264 Å². The minimum absolute atomic E-state index is 0.0236. The molecule has 0 amide bonds. The molecule has 3 rings (SSSR count). The van der Waals surface area contributed by atoms with Crippen molar-refractivity contribution in [3.63, 3.8) is 0 Å². The van der Waals surface area contributed by atoms with E-state index in [1.807, 2.05) is 0 Å². The lowest BCUT2D eigenvalue weighted by molar-refractivity contribution is -0.384. The van der Waals surface area contributed by atoms with Gasteiger partial charge >= 0.3 is 41.8 Å². The van der Waals surface area contributed by atoms with Gasteiger partial charge in [-0.15, -0.1) is 0 Å². The van der Waals surface area contributed by atoms with Crippen LogP contribution in [0.5, 0.6) is 5.75 Å². The van der Waals surface area contributed by atoms with E-state index in [0.29, 0.717) is 0 Å². The summed E-state index contributed by atoms with van der Waals surface area (Å²) in [4.78, 5) is 96.0. The summed E-state index contributed by atoms with van der Waals surface area (Å²) in [5.41, 5.74) is -0.276. The number of rotatable bonds is 14. The Bertz CT molecular complexity index is 1530. The second kappa shape index (κ2) is 18.9. The minimum Gasteiger partial charge on any atom is -0.463 e. The van der Waals surface area contributed by atoms with Crippen LogP contribution < -0.4 is 4.74 Å². The van der Waals surface area contributed by atoms with Crippen molar-refractivity contribution in [1.29, 1.82) is 0 Å². The van der Waals surface area contributed by atoms with Gasteiger partial charge in [0.1, 0.15) is 37.3 Å². The van der Waals surface area contributed by atoms with Crippen LogP contribution in [-0.4, -0.2) is 121 Å². The molecular weight excluding hydrogens is 718 g/mol. The van der Waals surface area contributed by atoms with E-state index < -0.39 is 121 Å². The first kappa shape index (κ1) is 42.0. The van der Waals surface area contributed by atoms with Crippen LogP contribution in [0.1, 0.15) is 48.5 Å². The fraction of sp³-hybridized carbons (Fsp3) is 0.594. The van der Waals surface area contributed by atoms with E-state index in [2.05, 4.69) is 0 Å². The molecule has 2 aliphatic rings. The Morgan fingerprint density at radius 2 is 0.925 bits per heavy atom. The average molecular weight is 758 g/mol. The molecule has 292 valence electrons. The zero-order valence-electron chi connectivity index (χ0n) is 29.6. The van der Waals surface area contributed by atoms with E-state index >= 15 is 0 Å². The highest BCUT2D eigenvalue weighted by atomic mass is 16.8. The third kappa shape index (κ3) is 12.4. The summed E-state index contributed by atoms with van der Waals surface area (Å²) in [6, 6.07) is 4.67. The van der Waals surface area contributed by atoms with E-state index in [0.717, 1.165) is 60.6 Å². The second-order valence-corrected chi connectivity index (χ2v) is 11.5. The van der Waals surface area contributed by atoms with Gasteiger partial charge in [0.15, 0.2) is 30.7 Å². The summed E-state index contributed by atoms with van der Waals surface area (Å²) >= 11 is 0. The molecule has 2 saturated heterocycles. The Hall–Kier alpha value is -5.41. The molecule has 21 nitrogen and oxygen atoms in total. The van der Waals surface area contributed by atoms with Crippen LogP contribution in [0.2, 0.25) is 0 Å². The highest BCUT2D eigenvalue weighted by Crippen LogP contribution is 2.36. The van der Waals surface area contributed by atoms with Crippen molar-refractivity contribution in [1.82, 2.24) is 0 Å². The SMILES string of the molecule is CC(=O)OC[C@@H]1O[C@H](O[C@H]2[C@H](OC(C)=O)[C@@H](OC(C)=O)[C@H](Oc3ccc([N+](=O)[O-])cc3)O[C@@H]2COC(C)=O)[C@@H](OC(C)=O)[C@H](OC(C)=O)[C@@H]1OC(C)=O. The van der Waals surface area contributed by atoms with Gasteiger partial charge in [-0.3, -0.25) is 43.7 Å². The molecule has 0 aromatic heterocycles. The molecule has 2 aliphatic heterocycles. The number of ether oxygens (including phenoxy) is 11. The standard InChI is InChI=1S/C32H39NO20/c1-14(34)43-12-23-25(45-16(3)36)27(46-17(4)37)30(49-20(7)40)32(52-23)53-26-24(13-44-15(2)35)51-31(29(48-19(6)39)28(26)47-18(5)38)50-22-10-8-21(9-11-22)33(41)42/h8-11,23-32H,12-13H2,1-7H3/t23-,24+,25+,26+,27+,28-,29+,30-,31+,32+/m0/s1. The smallest absolute Gasteiger partial charge is 0.303 e. The van der Waals surface area contributed by atoms with Crippen LogP contribution in [0.3, 0.4) is 0 Å². The van der Waals surface area contributed by atoms with E-state index in [1.165, 1.54) is 12.1 Å². The molecule has 0 radical (unpaired) electrons. The number of carbonyl (C=O) groups excluding carboxylic acids is 7. The third-order valence-corrected chi connectivity index (χ3v) is 7.19. The number of hydrogen-bond acceptors (Lipinski definition) is 20. The number of esters is 7. The maximum absolute atomic E-state index is 12.5. The number of nitrogens with zero attached hydrogens (tertiary/aromatic N) is 1. The van der Waals surface area contributed by atoms with Crippen molar-refractivity contribution < 1.29 is 90.6 Å². The first-order valence-electron chi connectivity index (χ1n) is 15.9. The number of non-ortho nitro benzene ring substituents is 1. The molecule has 0 aliphatic carbocycles. The van der Waals surface area contributed by atoms with Crippen molar-refractivity contribution in [3.8, 4) is 5.75 Å². The number of benzene rings is 1. The lowest BCUT2D eigenvalue weighted by Gasteiger charge is -2.48. The van der Waals surface area contributed by atoms with Gasteiger partial charge in [-0.25, -0.2) is 0 Å². The Morgan fingerprint density at radius 1 is 0.547 bits per heavy atom. The van der Waals surface area contributed by atoms with Crippen LogP contribution in [-0.2, 0) is 80.9 Å². The van der Waals surface area contributed by atoms with Crippen LogP contribution in [0, 0.1) is 10.1 Å². The summed E-state index contributed by atoms with van der Waals surface area (Å²) in [7, 11) is 0. The maximum Gasteiger partial charge on any atom is 0.303 e. The molecule has 0 saturated carbocycles. The van der Waals surface area contributed by atoms with E-state index in [-0.39, 0.29) is 11.4 Å². The maximum atomic E-state index is 12.5. The zero-order valence-corrected chi connectivity index (χ0v) is 29.6. The van der Waals surface area contributed by atoms with Gasteiger partial charge in [0, 0.05) is 60.6 Å². The largest absolute Gasteiger partial charge is 0.463 e. The quantitative estimate of drug-likeness (QED) is 0.109. The Morgan fingerprint density at radius 3 is 1.36 bits per heavy atom. The summed E-state index contributed by atoms with van der Waals surface area (Å²) in [6.07, 6.45) is -16.4. The summed E-state index contributed by atoms with van der Waals surface area (Å²) < 4.78 is 61.9. The predicted molar refractivity (Wildman–Crippen MR) is 167 cm³/mol. The molecule has 53 heavy (non-hydrogen) atoms. The lowest BCUT2D eigenvalue weighted by Crippen LogP contribution is -2.67. The molecule has 2 fully saturated rings. The highest BCUT2D eigenvalue weighted by Gasteiger charge is 2.58. The fourth-order valence-corrected chi connectivity index (χ4v) is 5.35. The monoisotopic (exact) mass is 757 g/mol. The second-order valence-electron chi connectivity index (χ2n) is 11.5. The summed E-state index contributed by atoms with van der Waals surface area (Å²) in [5.74, 6) is -6.22. The average Bonchev–Trinajstić information content (AvgIpc) is 3.03. The molecule has 0 unspecified atom stereocenters. The van der Waals surface area contributed by atoms with Crippen LogP contribution in [0.25, 0.3) is 0 Å². The number of nitro benzene ring substituents is 1. The highest BCUT2D eigenvalue weighted by molar-refractivity contribution is 5.69. The normalized spacial score (nSPS) is 27.9. The van der Waals surface area contributed by atoms with Crippen LogP contribution >= 0.6 is 0 Å². The van der Waals surface area contributed by atoms with Crippen molar-refractivity contribution in [2.45, 2.75) is 110 Å². The van der Waals surface area contributed by atoms with Crippen molar-refractivity contribution >= 4 is 47.5 Å². The summed E-state index contributed by atoms with van der Waals surface area (Å²) in [5, 5.41) is 11.2. The molecule has 2 heterocycles.